The molecular weight excluding hydrogens is 286 g/mol. The highest BCUT2D eigenvalue weighted by Gasteiger charge is 2.34. The monoisotopic (exact) mass is 305 g/mol. The zero-order chi connectivity index (χ0) is 15.6. The number of fused-ring (bicyclic) bond motifs is 2. The SMILES string of the molecule is N#Cc1cc(O[C@@H]2C[C@H]3CC[C@@H](C2)N3)cc(-c2ccccn2)c1. The van der Waals surface area contributed by atoms with Crippen molar-refractivity contribution in [3.05, 3.63) is 48.2 Å². The molecule has 2 aliphatic rings. The number of ether oxygens (including phenoxy) is 1. The molecule has 116 valence electrons. The molecule has 1 aromatic carbocycles. The van der Waals surface area contributed by atoms with Crippen LogP contribution in [0.15, 0.2) is 42.6 Å². The molecule has 2 fully saturated rings. The first-order valence-corrected chi connectivity index (χ1v) is 8.19. The number of hydrogen-bond donors (Lipinski definition) is 1. The Morgan fingerprint density at radius 3 is 2.65 bits per heavy atom. The Bertz CT molecular complexity index is 726. The highest BCUT2D eigenvalue weighted by molar-refractivity contribution is 5.63. The predicted octanol–water partition coefficient (Wildman–Crippen LogP) is 3.28. The molecule has 1 aromatic heterocycles. The fourth-order valence-corrected chi connectivity index (χ4v) is 3.71. The van der Waals surface area contributed by atoms with Gasteiger partial charge >= 0.3 is 0 Å². The number of rotatable bonds is 3. The Kier molecular flexibility index (Phi) is 3.72. The summed E-state index contributed by atoms with van der Waals surface area (Å²) >= 11 is 0. The first-order valence-electron chi connectivity index (χ1n) is 8.19. The van der Waals surface area contributed by atoms with Crippen molar-refractivity contribution in [1.82, 2.24) is 10.3 Å². The number of nitrogens with zero attached hydrogens (tertiary/aromatic N) is 2. The first kappa shape index (κ1) is 14.2. The third-order valence-electron chi connectivity index (χ3n) is 4.73. The van der Waals surface area contributed by atoms with Crippen molar-refractivity contribution in [2.45, 2.75) is 43.9 Å². The van der Waals surface area contributed by atoms with Crippen molar-refractivity contribution in [3.8, 4) is 23.1 Å². The maximum atomic E-state index is 9.30. The molecule has 3 atom stereocenters. The molecule has 2 aliphatic heterocycles. The van der Waals surface area contributed by atoms with Crippen molar-refractivity contribution >= 4 is 0 Å². The maximum Gasteiger partial charge on any atom is 0.121 e. The smallest absolute Gasteiger partial charge is 0.121 e. The van der Waals surface area contributed by atoms with Gasteiger partial charge in [0.2, 0.25) is 0 Å². The van der Waals surface area contributed by atoms with Crippen molar-refractivity contribution in [2.24, 2.45) is 0 Å². The van der Waals surface area contributed by atoms with E-state index in [9.17, 15) is 5.26 Å². The van der Waals surface area contributed by atoms with Crippen molar-refractivity contribution in [2.75, 3.05) is 0 Å². The molecule has 0 radical (unpaired) electrons. The highest BCUT2D eigenvalue weighted by Crippen LogP contribution is 2.31. The second kappa shape index (κ2) is 6.02. The molecule has 0 unspecified atom stereocenters. The van der Waals surface area contributed by atoms with Crippen LogP contribution in [0.5, 0.6) is 5.75 Å². The average molecular weight is 305 g/mol. The van der Waals surface area contributed by atoms with Crippen LogP contribution in [0.1, 0.15) is 31.2 Å². The van der Waals surface area contributed by atoms with E-state index in [1.807, 2.05) is 36.4 Å². The van der Waals surface area contributed by atoms with Crippen molar-refractivity contribution < 1.29 is 4.74 Å². The number of pyridine rings is 1. The Morgan fingerprint density at radius 1 is 1.13 bits per heavy atom. The fourth-order valence-electron chi connectivity index (χ4n) is 3.71. The average Bonchev–Trinajstić information content (AvgIpc) is 2.94. The van der Waals surface area contributed by atoms with Gasteiger partial charge in [-0.25, -0.2) is 0 Å². The quantitative estimate of drug-likeness (QED) is 0.945. The summed E-state index contributed by atoms with van der Waals surface area (Å²) in [4.78, 5) is 4.37. The summed E-state index contributed by atoms with van der Waals surface area (Å²) in [7, 11) is 0. The Balaban J connectivity index is 1.60. The van der Waals surface area contributed by atoms with Gasteiger partial charge < -0.3 is 10.1 Å². The molecule has 4 nitrogen and oxygen atoms in total. The van der Waals surface area contributed by atoms with E-state index in [1.54, 1.807) is 6.20 Å². The number of hydrogen-bond acceptors (Lipinski definition) is 4. The summed E-state index contributed by atoms with van der Waals surface area (Å²) in [5, 5.41) is 12.9. The molecule has 2 saturated heterocycles. The molecule has 0 spiro atoms. The second-order valence-corrected chi connectivity index (χ2v) is 6.42. The van der Waals surface area contributed by atoms with Gasteiger partial charge in [-0.05, 0) is 56.0 Å². The molecular formula is C19H19N3O. The van der Waals surface area contributed by atoms with Crippen LogP contribution in [0.2, 0.25) is 0 Å². The van der Waals surface area contributed by atoms with Crippen LogP contribution < -0.4 is 10.1 Å². The van der Waals surface area contributed by atoms with Crippen LogP contribution in [-0.4, -0.2) is 23.2 Å². The largest absolute Gasteiger partial charge is 0.490 e. The van der Waals surface area contributed by atoms with Gasteiger partial charge in [0, 0.05) is 23.8 Å². The molecule has 0 aliphatic carbocycles. The van der Waals surface area contributed by atoms with E-state index in [-0.39, 0.29) is 6.10 Å². The lowest BCUT2D eigenvalue weighted by molar-refractivity contribution is 0.137. The van der Waals surface area contributed by atoms with Crippen LogP contribution in [-0.2, 0) is 0 Å². The Hall–Kier alpha value is -2.38. The second-order valence-electron chi connectivity index (χ2n) is 6.42. The van der Waals surface area contributed by atoms with Crippen LogP contribution in [0, 0.1) is 11.3 Å². The standard InChI is InChI=1S/C19H19N3O/c20-12-13-7-14(19-3-1-2-6-21-19)9-17(8-13)23-18-10-15-4-5-16(11-18)22-15/h1-3,6-9,15-16,18,22H,4-5,10-11H2/t15-,16+,18-. The Morgan fingerprint density at radius 2 is 1.96 bits per heavy atom. The van der Waals surface area contributed by atoms with E-state index in [1.165, 1.54) is 12.8 Å². The maximum absolute atomic E-state index is 9.30. The molecule has 2 aromatic rings. The van der Waals surface area contributed by atoms with E-state index in [2.05, 4.69) is 16.4 Å². The number of benzene rings is 1. The molecule has 2 bridgehead atoms. The van der Waals surface area contributed by atoms with Gasteiger partial charge in [-0.15, -0.1) is 0 Å². The van der Waals surface area contributed by atoms with Crippen LogP contribution in [0.3, 0.4) is 0 Å². The van der Waals surface area contributed by atoms with Gasteiger partial charge in [0.1, 0.15) is 11.9 Å². The number of nitrogens with one attached hydrogen (secondary N) is 1. The molecule has 0 saturated carbocycles. The number of nitriles is 1. The van der Waals surface area contributed by atoms with Gasteiger partial charge in [-0.1, -0.05) is 6.07 Å². The van der Waals surface area contributed by atoms with Crippen LogP contribution in [0.4, 0.5) is 0 Å². The lowest BCUT2D eigenvalue weighted by atomic mass is 10.0. The molecule has 23 heavy (non-hydrogen) atoms. The first-order chi connectivity index (χ1) is 11.3. The minimum Gasteiger partial charge on any atom is -0.490 e. The number of aromatic nitrogens is 1. The summed E-state index contributed by atoms with van der Waals surface area (Å²) in [6.45, 7) is 0. The third-order valence-corrected chi connectivity index (χ3v) is 4.73. The van der Waals surface area contributed by atoms with Crippen LogP contribution >= 0.6 is 0 Å². The third kappa shape index (κ3) is 3.06. The van der Waals surface area contributed by atoms with E-state index < -0.39 is 0 Å². The van der Waals surface area contributed by atoms with Crippen molar-refractivity contribution in [1.29, 1.82) is 5.26 Å². The molecule has 4 heteroatoms. The zero-order valence-corrected chi connectivity index (χ0v) is 12.9. The zero-order valence-electron chi connectivity index (χ0n) is 12.9. The molecule has 4 rings (SSSR count). The van der Waals surface area contributed by atoms with Gasteiger partial charge in [0.25, 0.3) is 0 Å². The highest BCUT2D eigenvalue weighted by atomic mass is 16.5. The summed E-state index contributed by atoms with van der Waals surface area (Å²) in [5.74, 6) is 0.774. The topological polar surface area (TPSA) is 57.9 Å². The van der Waals surface area contributed by atoms with Gasteiger partial charge in [0.05, 0.1) is 17.3 Å². The summed E-state index contributed by atoms with van der Waals surface area (Å²) in [6.07, 6.45) is 6.60. The van der Waals surface area contributed by atoms with E-state index in [0.29, 0.717) is 17.6 Å². The Labute approximate surface area is 136 Å². The summed E-state index contributed by atoms with van der Waals surface area (Å²) in [5.41, 5.74) is 2.40. The predicted molar refractivity (Wildman–Crippen MR) is 88.0 cm³/mol. The van der Waals surface area contributed by atoms with Gasteiger partial charge in [0.15, 0.2) is 0 Å². The molecule has 3 heterocycles. The minimum absolute atomic E-state index is 0.235. The lowest BCUT2D eigenvalue weighted by Gasteiger charge is -2.29. The van der Waals surface area contributed by atoms with Gasteiger partial charge in [-0.3, -0.25) is 4.98 Å². The molecule has 0 amide bonds. The van der Waals surface area contributed by atoms with E-state index in [4.69, 9.17) is 4.74 Å². The van der Waals surface area contributed by atoms with E-state index >= 15 is 0 Å². The van der Waals surface area contributed by atoms with Gasteiger partial charge in [-0.2, -0.15) is 5.26 Å². The van der Waals surface area contributed by atoms with Crippen LogP contribution in [0.25, 0.3) is 11.3 Å². The lowest BCUT2D eigenvalue weighted by Crippen LogP contribution is -2.42. The summed E-state index contributed by atoms with van der Waals surface area (Å²) < 4.78 is 6.22. The van der Waals surface area contributed by atoms with Crippen molar-refractivity contribution in [3.63, 3.8) is 0 Å². The molecule has 1 N–H and O–H groups in total. The summed E-state index contributed by atoms with van der Waals surface area (Å²) in [6, 6.07) is 14.9. The minimum atomic E-state index is 0.235. The van der Waals surface area contributed by atoms with E-state index in [0.717, 1.165) is 29.8 Å². The fraction of sp³-hybridized carbons (Fsp3) is 0.368. The number of piperidine rings is 1. The normalized spacial score (nSPS) is 25.8.